The lowest BCUT2D eigenvalue weighted by atomic mass is 10.1. The highest BCUT2D eigenvalue weighted by atomic mass is 35.5. The minimum absolute atomic E-state index is 0.145. The maximum absolute atomic E-state index is 12.3. The molecule has 1 N–H and O–H groups in total. The molecule has 0 unspecified atom stereocenters. The zero-order valence-electron chi connectivity index (χ0n) is 12.3. The van der Waals surface area contributed by atoms with Crippen LogP contribution < -0.4 is 5.32 Å². The van der Waals surface area contributed by atoms with Crippen molar-refractivity contribution in [3.8, 4) is 0 Å². The van der Waals surface area contributed by atoms with E-state index in [0.29, 0.717) is 21.3 Å². The summed E-state index contributed by atoms with van der Waals surface area (Å²) in [7, 11) is 0. The highest BCUT2D eigenvalue weighted by Crippen LogP contribution is 2.26. The van der Waals surface area contributed by atoms with Crippen LogP contribution in [0.1, 0.15) is 24.2 Å². The monoisotopic (exact) mass is 348 g/mol. The molecule has 2 aromatic carbocycles. The van der Waals surface area contributed by atoms with Crippen LogP contribution in [0.2, 0.25) is 10.0 Å². The van der Waals surface area contributed by atoms with E-state index in [1.54, 1.807) is 18.2 Å². The minimum Gasteiger partial charge on any atom is -0.356 e. The van der Waals surface area contributed by atoms with Crippen LogP contribution in [0.3, 0.4) is 0 Å². The first-order chi connectivity index (χ1) is 11.0. The Morgan fingerprint density at radius 1 is 1.26 bits per heavy atom. The van der Waals surface area contributed by atoms with Crippen molar-refractivity contribution >= 4 is 40.1 Å². The van der Waals surface area contributed by atoms with Crippen LogP contribution in [0.4, 0.5) is 0 Å². The minimum atomic E-state index is -0.231. The Balaban J connectivity index is 1.71. The third kappa shape index (κ3) is 3.49. The van der Waals surface area contributed by atoms with Crippen molar-refractivity contribution in [1.29, 1.82) is 0 Å². The second kappa shape index (κ2) is 6.60. The van der Waals surface area contributed by atoms with Gasteiger partial charge < -0.3 is 9.84 Å². The second-order valence-electron chi connectivity index (χ2n) is 5.26. The molecule has 0 aliphatic heterocycles. The number of hydrogen-bond acceptors (Lipinski definition) is 3. The quantitative estimate of drug-likeness (QED) is 0.752. The number of nitrogens with zero attached hydrogens (tertiary/aromatic N) is 1. The number of amides is 1. The van der Waals surface area contributed by atoms with Crippen molar-refractivity contribution < 1.29 is 9.32 Å². The van der Waals surface area contributed by atoms with Crippen molar-refractivity contribution in [2.75, 3.05) is 0 Å². The Labute approximate surface area is 143 Å². The van der Waals surface area contributed by atoms with Crippen molar-refractivity contribution in [2.24, 2.45) is 0 Å². The summed E-state index contributed by atoms with van der Waals surface area (Å²) in [6.45, 7) is 1.87. The molecule has 1 heterocycles. The molecular weight excluding hydrogens is 335 g/mol. The van der Waals surface area contributed by atoms with Crippen LogP contribution in [0.15, 0.2) is 47.0 Å². The van der Waals surface area contributed by atoms with Crippen LogP contribution in [0.25, 0.3) is 11.0 Å². The highest BCUT2D eigenvalue weighted by Gasteiger charge is 2.16. The predicted molar refractivity (Wildman–Crippen MR) is 90.7 cm³/mol. The van der Waals surface area contributed by atoms with Gasteiger partial charge in [0.25, 0.3) is 0 Å². The molecular formula is C17H14Cl2N2O2. The number of rotatable bonds is 4. The molecule has 0 aliphatic carbocycles. The lowest BCUT2D eigenvalue weighted by Crippen LogP contribution is -2.28. The average molecular weight is 349 g/mol. The molecule has 0 saturated carbocycles. The van der Waals surface area contributed by atoms with E-state index in [-0.39, 0.29) is 18.4 Å². The first-order valence-electron chi connectivity index (χ1n) is 7.12. The van der Waals surface area contributed by atoms with E-state index >= 15 is 0 Å². The summed E-state index contributed by atoms with van der Waals surface area (Å²) < 4.78 is 5.21. The fourth-order valence-corrected chi connectivity index (χ4v) is 3.01. The molecule has 0 radical (unpaired) electrons. The number of carbonyl (C=O) groups is 1. The van der Waals surface area contributed by atoms with Crippen molar-refractivity contribution in [2.45, 2.75) is 19.4 Å². The number of benzene rings is 2. The zero-order valence-corrected chi connectivity index (χ0v) is 13.9. The summed E-state index contributed by atoms with van der Waals surface area (Å²) in [6.07, 6.45) is 0.145. The lowest BCUT2D eigenvalue weighted by molar-refractivity contribution is -0.121. The first kappa shape index (κ1) is 15.8. The van der Waals surface area contributed by atoms with Gasteiger partial charge in [-0.3, -0.25) is 4.79 Å². The fourth-order valence-electron chi connectivity index (χ4n) is 2.44. The van der Waals surface area contributed by atoms with Crippen LogP contribution in [-0.2, 0) is 11.2 Å². The van der Waals surface area contributed by atoms with E-state index in [1.807, 2.05) is 31.2 Å². The van der Waals surface area contributed by atoms with E-state index < -0.39 is 0 Å². The molecule has 3 aromatic rings. The normalized spacial score (nSPS) is 12.3. The number of para-hydroxylation sites is 1. The summed E-state index contributed by atoms with van der Waals surface area (Å²) in [5.41, 5.74) is 2.10. The van der Waals surface area contributed by atoms with Gasteiger partial charge in [-0.1, -0.05) is 46.6 Å². The molecule has 0 saturated heterocycles. The third-order valence-corrected chi connectivity index (χ3v) is 4.15. The lowest BCUT2D eigenvalue weighted by Gasteiger charge is -2.15. The van der Waals surface area contributed by atoms with Gasteiger partial charge in [-0.05, 0) is 36.8 Å². The average Bonchev–Trinajstić information content (AvgIpc) is 2.90. The van der Waals surface area contributed by atoms with Crippen LogP contribution >= 0.6 is 23.2 Å². The number of carbonyl (C=O) groups excluding carboxylic acids is 1. The third-order valence-electron chi connectivity index (χ3n) is 3.59. The maximum atomic E-state index is 12.3. The van der Waals surface area contributed by atoms with Crippen LogP contribution in [0, 0.1) is 0 Å². The van der Waals surface area contributed by atoms with Gasteiger partial charge in [-0.15, -0.1) is 0 Å². The van der Waals surface area contributed by atoms with Gasteiger partial charge in [0.1, 0.15) is 5.69 Å². The van der Waals surface area contributed by atoms with Gasteiger partial charge in [-0.25, -0.2) is 0 Å². The van der Waals surface area contributed by atoms with Gasteiger partial charge in [0.05, 0.1) is 12.5 Å². The van der Waals surface area contributed by atoms with Gasteiger partial charge in [0, 0.05) is 15.4 Å². The molecule has 118 valence electrons. The van der Waals surface area contributed by atoms with Gasteiger partial charge in [0.15, 0.2) is 5.58 Å². The maximum Gasteiger partial charge on any atom is 0.226 e. The Hall–Kier alpha value is -2.04. The molecule has 1 aromatic heterocycles. The fraction of sp³-hybridized carbons (Fsp3) is 0.176. The van der Waals surface area contributed by atoms with Crippen LogP contribution in [0.5, 0.6) is 0 Å². The standard InChI is InChI=1S/C17H14Cl2N2O2/c1-10(12-7-6-11(18)8-14(12)19)20-17(22)9-15-13-4-2-3-5-16(13)23-21-15/h2-8,10H,9H2,1H3,(H,20,22)/t10-/m0/s1. The number of hydrogen-bond donors (Lipinski definition) is 1. The SMILES string of the molecule is C[C@H](NC(=O)Cc1noc2ccccc12)c1ccc(Cl)cc1Cl. The number of halogens is 2. The largest absolute Gasteiger partial charge is 0.356 e. The zero-order chi connectivity index (χ0) is 16.4. The van der Waals surface area contributed by atoms with E-state index in [9.17, 15) is 4.79 Å². The molecule has 0 aliphatic rings. The summed E-state index contributed by atoms with van der Waals surface area (Å²) in [5, 5.41) is 8.81. The molecule has 0 spiro atoms. The van der Waals surface area contributed by atoms with E-state index in [0.717, 1.165) is 10.9 Å². The summed E-state index contributed by atoms with van der Waals surface area (Å²) in [4.78, 5) is 12.3. The summed E-state index contributed by atoms with van der Waals surface area (Å²) >= 11 is 12.1. The Kier molecular flexibility index (Phi) is 4.55. The van der Waals surface area contributed by atoms with Crippen molar-refractivity contribution in [3.63, 3.8) is 0 Å². The second-order valence-corrected chi connectivity index (χ2v) is 6.10. The number of aromatic nitrogens is 1. The summed E-state index contributed by atoms with van der Waals surface area (Å²) in [5.74, 6) is -0.150. The van der Waals surface area contributed by atoms with E-state index in [4.69, 9.17) is 27.7 Å². The van der Waals surface area contributed by atoms with Crippen molar-refractivity contribution in [1.82, 2.24) is 10.5 Å². The summed E-state index contributed by atoms with van der Waals surface area (Å²) in [6, 6.07) is 12.4. The molecule has 0 fully saturated rings. The molecule has 1 amide bonds. The topological polar surface area (TPSA) is 55.1 Å². The van der Waals surface area contributed by atoms with Crippen LogP contribution in [-0.4, -0.2) is 11.1 Å². The van der Waals surface area contributed by atoms with E-state index in [2.05, 4.69) is 10.5 Å². The van der Waals surface area contributed by atoms with Crippen molar-refractivity contribution in [3.05, 3.63) is 63.8 Å². The first-order valence-corrected chi connectivity index (χ1v) is 7.88. The molecule has 6 heteroatoms. The molecule has 0 bridgehead atoms. The molecule has 1 atom stereocenters. The predicted octanol–water partition coefficient (Wildman–Crippen LogP) is 4.55. The molecule has 23 heavy (non-hydrogen) atoms. The Bertz CT molecular complexity index is 861. The van der Waals surface area contributed by atoms with Gasteiger partial charge in [-0.2, -0.15) is 0 Å². The number of fused-ring (bicyclic) bond motifs is 1. The Morgan fingerprint density at radius 3 is 2.83 bits per heavy atom. The van der Waals surface area contributed by atoms with E-state index in [1.165, 1.54) is 0 Å². The van der Waals surface area contributed by atoms with Gasteiger partial charge in [0.2, 0.25) is 5.91 Å². The van der Waals surface area contributed by atoms with Gasteiger partial charge >= 0.3 is 0 Å². The smallest absolute Gasteiger partial charge is 0.226 e. The Morgan fingerprint density at radius 2 is 2.04 bits per heavy atom. The molecule has 3 rings (SSSR count). The molecule has 4 nitrogen and oxygen atoms in total. The highest BCUT2D eigenvalue weighted by molar-refractivity contribution is 6.35. The number of nitrogens with one attached hydrogen (secondary N) is 1.